The summed E-state index contributed by atoms with van der Waals surface area (Å²) in [6.45, 7) is 8.13. The predicted molar refractivity (Wildman–Crippen MR) is 193 cm³/mol. The third-order valence-electron chi connectivity index (χ3n) is 8.98. The number of ether oxygens (including phenoxy) is 2. The smallest absolute Gasteiger partial charge is 0.410 e. The second-order valence-corrected chi connectivity index (χ2v) is 13.8. The molecule has 2 aliphatic heterocycles. The lowest BCUT2D eigenvalue weighted by Crippen LogP contribution is -2.43. The van der Waals surface area contributed by atoms with E-state index in [0.29, 0.717) is 24.6 Å². The number of H-pyrrole nitrogens is 1. The number of benzene rings is 2. The summed E-state index contributed by atoms with van der Waals surface area (Å²) in [5.74, 6) is -0.249. The number of carbonyl (C=O) groups is 3. The fourth-order valence-corrected chi connectivity index (χ4v) is 6.30. The number of carbonyl (C=O) groups excluding carboxylic acids is 3. The van der Waals surface area contributed by atoms with Gasteiger partial charge in [-0.3, -0.25) is 19.5 Å². The zero-order chi connectivity index (χ0) is 36.1. The Morgan fingerprint density at radius 2 is 1.67 bits per heavy atom. The van der Waals surface area contributed by atoms with E-state index in [0.717, 1.165) is 52.1 Å². The maximum absolute atomic E-state index is 13.3. The van der Waals surface area contributed by atoms with Crippen LogP contribution in [0.15, 0.2) is 84.4 Å². The summed E-state index contributed by atoms with van der Waals surface area (Å²) in [6, 6.07) is 16.5. The van der Waals surface area contributed by atoms with E-state index in [4.69, 9.17) is 9.47 Å². The van der Waals surface area contributed by atoms with Crippen molar-refractivity contribution in [3.05, 3.63) is 96.3 Å². The van der Waals surface area contributed by atoms with Crippen LogP contribution in [0, 0.1) is 0 Å². The topological polar surface area (TPSA) is 152 Å². The standard InChI is InChI=1S/C39H43N7O5/c1-24(44-37(48)30(19-34(47)50-5)25-10-7-6-8-11-25)35-43-23-32(45-35)26-13-15-27(16-14-26)36-41-21-29(22-42-36)28-18-31(40-20-28)33-12-9-17-46(33)38(49)51-39(2,3)4/h6-8,10-11,13-16,20-24,30,33H,9,12,17-19H2,1-5H3,(H,43,45)(H,44,48)/t24-,30+,33-/m0/s1. The molecule has 0 saturated carbocycles. The highest BCUT2D eigenvalue weighted by molar-refractivity contribution is 6.02. The van der Waals surface area contributed by atoms with E-state index < -0.39 is 23.5 Å². The molecule has 2 N–H and O–H groups in total. The van der Waals surface area contributed by atoms with Crippen molar-refractivity contribution in [2.45, 2.75) is 77.0 Å². The molecule has 0 aliphatic carbocycles. The summed E-state index contributed by atoms with van der Waals surface area (Å²) >= 11 is 0. The van der Waals surface area contributed by atoms with Crippen LogP contribution in [0.1, 0.15) is 82.3 Å². The molecule has 4 aromatic rings. The first-order chi connectivity index (χ1) is 24.5. The number of nitrogens with zero attached hydrogens (tertiary/aromatic N) is 5. The van der Waals surface area contributed by atoms with Crippen LogP contribution >= 0.6 is 0 Å². The number of allylic oxidation sites excluding steroid dienone is 1. The lowest BCUT2D eigenvalue weighted by atomic mass is 9.94. The molecular formula is C39H43N7O5. The molecule has 1 fully saturated rings. The summed E-state index contributed by atoms with van der Waals surface area (Å²) in [4.78, 5) is 61.7. The van der Waals surface area contributed by atoms with E-state index >= 15 is 0 Å². The van der Waals surface area contributed by atoms with Gasteiger partial charge < -0.3 is 19.8 Å². The van der Waals surface area contributed by atoms with Gasteiger partial charge in [0.2, 0.25) is 5.91 Å². The summed E-state index contributed by atoms with van der Waals surface area (Å²) in [6.07, 6.45) is 9.26. The van der Waals surface area contributed by atoms with Crippen LogP contribution in [0.3, 0.4) is 0 Å². The summed E-state index contributed by atoms with van der Waals surface area (Å²) in [5, 5.41) is 2.99. The van der Waals surface area contributed by atoms with E-state index in [2.05, 4.69) is 30.2 Å². The maximum atomic E-state index is 13.3. The number of nitrogens with one attached hydrogen (secondary N) is 2. The Morgan fingerprint density at radius 3 is 2.35 bits per heavy atom. The third-order valence-corrected chi connectivity index (χ3v) is 8.98. The molecule has 0 spiro atoms. The number of aromatic nitrogens is 4. The molecule has 4 heterocycles. The number of methoxy groups -OCH3 is 1. The quantitative estimate of drug-likeness (QED) is 0.176. The molecule has 12 heteroatoms. The molecule has 2 amide bonds. The van der Waals surface area contributed by atoms with E-state index in [9.17, 15) is 14.4 Å². The van der Waals surface area contributed by atoms with Gasteiger partial charge in [0, 0.05) is 48.4 Å². The molecule has 0 unspecified atom stereocenters. The fraction of sp³-hybridized carbons (Fsp3) is 0.359. The van der Waals surface area contributed by atoms with Crippen molar-refractivity contribution in [2.75, 3.05) is 13.7 Å². The van der Waals surface area contributed by atoms with Crippen LogP contribution in [0.4, 0.5) is 4.79 Å². The van der Waals surface area contributed by atoms with Gasteiger partial charge in [0.25, 0.3) is 0 Å². The second kappa shape index (κ2) is 15.1. The van der Waals surface area contributed by atoms with Crippen LogP contribution in [-0.4, -0.2) is 73.8 Å². The van der Waals surface area contributed by atoms with Crippen molar-refractivity contribution >= 4 is 29.3 Å². The highest BCUT2D eigenvalue weighted by Crippen LogP contribution is 2.31. The number of hydrogen-bond donors (Lipinski definition) is 2. The first-order valence-electron chi connectivity index (χ1n) is 17.1. The Labute approximate surface area is 297 Å². The lowest BCUT2D eigenvalue weighted by Gasteiger charge is -2.28. The Bertz CT molecular complexity index is 1930. The van der Waals surface area contributed by atoms with Gasteiger partial charge in [-0.15, -0.1) is 0 Å². The number of amides is 2. The van der Waals surface area contributed by atoms with Gasteiger partial charge in [0.05, 0.1) is 43.4 Å². The van der Waals surface area contributed by atoms with Gasteiger partial charge in [-0.25, -0.2) is 19.7 Å². The highest BCUT2D eigenvalue weighted by Gasteiger charge is 2.36. The minimum absolute atomic E-state index is 0.0644. The van der Waals surface area contributed by atoms with Crippen molar-refractivity contribution in [2.24, 2.45) is 4.99 Å². The summed E-state index contributed by atoms with van der Waals surface area (Å²) in [7, 11) is 1.31. The van der Waals surface area contributed by atoms with Crippen LogP contribution in [-0.2, 0) is 19.1 Å². The largest absolute Gasteiger partial charge is 0.469 e. The number of imidazole rings is 1. The fourth-order valence-electron chi connectivity index (χ4n) is 6.30. The van der Waals surface area contributed by atoms with Crippen LogP contribution in [0.5, 0.6) is 0 Å². The summed E-state index contributed by atoms with van der Waals surface area (Å²) in [5.41, 5.74) is 5.62. The minimum atomic E-state index is -0.686. The monoisotopic (exact) mass is 689 g/mol. The van der Waals surface area contributed by atoms with Gasteiger partial charge >= 0.3 is 12.1 Å². The number of aliphatic imine (C=N–C) groups is 1. The average Bonchev–Trinajstić information content (AvgIpc) is 3.92. The van der Waals surface area contributed by atoms with E-state index in [-0.39, 0.29) is 24.5 Å². The average molecular weight is 690 g/mol. The molecule has 12 nitrogen and oxygen atoms in total. The van der Waals surface area contributed by atoms with Crippen molar-refractivity contribution < 1.29 is 23.9 Å². The van der Waals surface area contributed by atoms with Gasteiger partial charge in [-0.1, -0.05) is 54.6 Å². The Hall–Kier alpha value is -5.65. The van der Waals surface area contributed by atoms with E-state index in [1.807, 2.05) is 101 Å². The molecule has 51 heavy (non-hydrogen) atoms. The zero-order valence-electron chi connectivity index (χ0n) is 29.6. The SMILES string of the molecule is COC(=O)C[C@@H](C(=O)N[C@@H](C)c1ncc(-c2ccc(-c3ncc(C4=CN=C([C@@H]5CCCN5C(=O)OC(C)(C)C)C4)cn3)cc2)[nH]1)c1ccccc1. The van der Waals surface area contributed by atoms with Crippen molar-refractivity contribution in [3.8, 4) is 22.6 Å². The third kappa shape index (κ3) is 8.39. The van der Waals surface area contributed by atoms with E-state index in [1.165, 1.54) is 7.11 Å². The summed E-state index contributed by atoms with van der Waals surface area (Å²) < 4.78 is 10.5. The van der Waals surface area contributed by atoms with Crippen LogP contribution < -0.4 is 5.32 Å². The van der Waals surface area contributed by atoms with Gasteiger partial charge in [-0.2, -0.15) is 0 Å². The first kappa shape index (κ1) is 35.2. The molecular weight excluding hydrogens is 646 g/mol. The number of aromatic amines is 1. The van der Waals surface area contributed by atoms with Crippen LogP contribution in [0.25, 0.3) is 28.2 Å². The molecule has 0 bridgehead atoms. The van der Waals surface area contributed by atoms with Gasteiger partial charge in [-0.05, 0) is 57.2 Å². The number of hydrogen-bond acceptors (Lipinski definition) is 9. The van der Waals surface area contributed by atoms with Crippen molar-refractivity contribution in [3.63, 3.8) is 0 Å². The second-order valence-electron chi connectivity index (χ2n) is 13.8. The molecule has 3 atom stereocenters. The predicted octanol–water partition coefficient (Wildman–Crippen LogP) is 6.64. The Balaban J connectivity index is 1.06. The molecule has 6 rings (SSSR count). The van der Waals surface area contributed by atoms with Crippen LogP contribution in [0.2, 0.25) is 0 Å². The molecule has 2 aromatic heterocycles. The van der Waals surface area contributed by atoms with Crippen molar-refractivity contribution in [1.82, 2.24) is 30.2 Å². The highest BCUT2D eigenvalue weighted by atomic mass is 16.6. The number of likely N-dealkylation sites (tertiary alicyclic amines) is 1. The first-order valence-corrected chi connectivity index (χ1v) is 17.1. The molecule has 1 saturated heterocycles. The van der Waals surface area contributed by atoms with Crippen molar-refractivity contribution in [1.29, 1.82) is 0 Å². The van der Waals surface area contributed by atoms with E-state index in [1.54, 1.807) is 11.1 Å². The molecule has 2 aromatic carbocycles. The Kier molecular flexibility index (Phi) is 10.4. The normalized spacial score (nSPS) is 17.0. The maximum Gasteiger partial charge on any atom is 0.410 e. The zero-order valence-corrected chi connectivity index (χ0v) is 29.6. The number of rotatable bonds is 10. The molecule has 264 valence electrons. The molecule has 2 aliphatic rings. The van der Waals surface area contributed by atoms with Gasteiger partial charge in [0.1, 0.15) is 11.4 Å². The molecule has 0 radical (unpaired) electrons. The number of esters is 1. The van der Waals surface area contributed by atoms with Gasteiger partial charge in [0.15, 0.2) is 5.82 Å². The Morgan fingerprint density at radius 1 is 0.961 bits per heavy atom. The minimum Gasteiger partial charge on any atom is -0.469 e. The lowest BCUT2D eigenvalue weighted by molar-refractivity contribution is -0.143.